The Morgan fingerprint density at radius 3 is 2.71 bits per heavy atom. The molecule has 1 aromatic carbocycles. The van der Waals surface area contributed by atoms with Crippen molar-refractivity contribution in [3.8, 4) is 5.75 Å². The van der Waals surface area contributed by atoms with Crippen molar-refractivity contribution in [2.75, 3.05) is 26.2 Å². The Labute approximate surface area is 143 Å². The zero-order valence-corrected chi connectivity index (χ0v) is 14.8. The number of nitrogens with two attached hydrogens (primary N) is 1. The smallest absolute Gasteiger partial charge is 0.138 e. The fourth-order valence-corrected chi connectivity index (χ4v) is 3.02. The lowest BCUT2D eigenvalue weighted by molar-refractivity contribution is 0.0831. The summed E-state index contributed by atoms with van der Waals surface area (Å²) in [6.45, 7) is 7.98. The highest BCUT2D eigenvalue weighted by molar-refractivity contribution is 6.35. The highest BCUT2D eigenvalue weighted by atomic mass is 35.5. The van der Waals surface area contributed by atoms with E-state index in [2.05, 4.69) is 18.7 Å². The number of piperidine rings is 1. The van der Waals surface area contributed by atoms with E-state index in [1.54, 1.807) is 18.2 Å². The van der Waals surface area contributed by atoms with Gasteiger partial charge in [0.05, 0.1) is 5.02 Å². The summed E-state index contributed by atoms with van der Waals surface area (Å²) in [5.74, 6) is 0.684. The first-order valence-corrected chi connectivity index (χ1v) is 7.70. The van der Waals surface area contributed by atoms with Gasteiger partial charge in [0.1, 0.15) is 12.4 Å². The molecule has 1 unspecified atom stereocenters. The van der Waals surface area contributed by atoms with Crippen LogP contribution in [-0.2, 0) is 0 Å². The first-order valence-electron chi connectivity index (χ1n) is 6.94. The van der Waals surface area contributed by atoms with Gasteiger partial charge in [0.15, 0.2) is 0 Å². The van der Waals surface area contributed by atoms with E-state index in [-0.39, 0.29) is 23.9 Å². The van der Waals surface area contributed by atoms with Gasteiger partial charge in [0.25, 0.3) is 0 Å². The van der Waals surface area contributed by atoms with Crippen LogP contribution in [0.15, 0.2) is 18.2 Å². The van der Waals surface area contributed by atoms with E-state index in [0.717, 1.165) is 26.1 Å². The summed E-state index contributed by atoms with van der Waals surface area (Å²) in [7, 11) is 0. The minimum Gasteiger partial charge on any atom is -0.491 e. The van der Waals surface area contributed by atoms with Crippen LogP contribution in [0.1, 0.15) is 20.3 Å². The summed E-state index contributed by atoms with van der Waals surface area (Å²) in [5, 5.41) is 1.17. The molecule has 1 heterocycles. The third-order valence-corrected chi connectivity index (χ3v) is 4.48. The van der Waals surface area contributed by atoms with E-state index in [9.17, 15) is 0 Å². The molecule has 1 aromatic rings. The Hall–Kier alpha value is -0.190. The molecule has 3 nitrogen and oxygen atoms in total. The van der Waals surface area contributed by atoms with Gasteiger partial charge in [-0.1, -0.05) is 37.0 Å². The fourth-order valence-electron chi connectivity index (χ4n) is 2.55. The zero-order chi connectivity index (χ0) is 14.8. The number of halogens is 3. The van der Waals surface area contributed by atoms with Crippen molar-refractivity contribution in [1.82, 2.24) is 4.90 Å². The molecule has 0 bridgehead atoms. The van der Waals surface area contributed by atoms with Crippen molar-refractivity contribution in [3.05, 3.63) is 28.2 Å². The molecule has 0 saturated carbocycles. The van der Waals surface area contributed by atoms with Gasteiger partial charge < -0.3 is 10.5 Å². The molecular weight excluding hydrogens is 331 g/mol. The predicted octanol–water partition coefficient (Wildman–Crippen LogP) is 3.85. The molecule has 1 aliphatic heterocycles. The molecule has 1 saturated heterocycles. The van der Waals surface area contributed by atoms with Crippen LogP contribution >= 0.6 is 35.6 Å². The van der Waals surface area contributed by atoms with Crippen LogP contribution in [0.3, 0.4) is 0 Å². The maximum atomic E-state index is 6.14. The quantitative estimate of drug-likeness (QED) is 0.893. The van der Waals surface area contributed by atoms with Gasteiger partial charge in [-0.25, -0.2) is 0 Å². The van der Waals surface area contributed by atoms with Crippen LogP contribution in [-0.4, -0.2) is 37.2 Å². The average Bonchev–Trinajstić information content (AvgIpc) is 2.36. The van der Waals surface area contributed by atoms with E-state index >= 15 is 0 Å². The molecule has 0 aromatic heterocycles. The van der Waals surface area contributed by atoms with Gasteiger partial charge in [0, 0.05) is 24.2 Å². The molecular formula is C15H23Cl3N2O. The highest BCUT2D eigenvalue weighted by Gasteiger charge is 2.33. The van der Waals surface area contributed by atoms with Gasteiger partial charge in [-0.15, -0.1) is 12.4 Å². The highest BCUT2D eigenvalue weighted by Crippen LogP contribution is 2.29. The standard InChI is InChI=1S/C15H22Cl2N2O.ClH/c1-15(2)10-19(6-5-14(15)18)7-8-20-13-4-3-11(16)9-12(13)17;/h3-4,9,14H,5-8,10,18H2,1-2H3;1H. The zero-order valence-electron chi connectivity index (χ0n) is 12.4. The van der Waals surface area contributed by atoms with Crippen molar-refractivity contribution in [2.24, 2.45) is 11.1 Å². The van der Waals surface area contributed by atoms with Crippen LogP contribution < -0.4 is 10.5 Å². The summed E-state index contributed by atoms with van der Waals surface area (Å²) in [5.41, 5.74) is 6.30. The number of rotatable bonds is 4. The Morgan fingerprint density at radius 2 is 2.10 bits per heavy atom. The number of ether oxygens (including phenoxy) is 1. The van der Waals surface area contributed by atoms with Crippen LogP contribution in [0, 0.1) is 5.41 Å². The van der Waals surface area contributed by atoms with E-state index < -0.39 is 0 Å². The van der Waals surface area contributed by atoms with E-state index in [0.29, 0.717) is 22.4 Å². The third-order valence-electron chi connectivity index (χ3n) is 3.95. The number of hydrogen-bond acceptors (Lipinski definition) is 3. The number of benzene rings is 1. The largest absolute Gasteiger partial charge is 0.491 e. The van der Waals surface area contributed by atoms with Gasteiger partial charge in [0.2, 0.25) is 0 Å². The number of nitrogens with zero attached hydrogens (tertiary/aromatic N) is 1. The lowest BCUT2D eigenvalue weighted by atomic mass is 9.80. The normalized spacial score (nSPS) is 21.7. The molecule has 2 N–H and O–H groups in total. The van der Waals surface area contributed by atoms with Crippen molar-refractivity contribution in [2.45, 2.75) is 26.3 Å². The average molecular weight is 354 g/mol. The first-order chi connectivity index (χ1) is 9.38. The van der Waals surface area contributed by atoms with Crippen LogP contribution in [0.2, 0.25) is 10.0 Å². The summed E-state index contributed by atoms with van der Waals surface area (Å²) in [4.78, 5) is 2.40. The molecule has 1 aliphatic rings. The van der Waals surface area contributed by atoms with Crippen molar-refractivity contribution in [1.29, 1.82) is 0 Å². The Bertz CT molecular complexity index is 468. The van der Waals surface area contributed by atoms with Crippen LogP contribution in [0.25, 0.3) is 0 Å². The predicted molar refractivity (Wildman–Crippen MR) is 92.0 cm³/mol. The second-order valence-electron chi connectivity index (χ2n) is 6.08. The maximum Gasteiger partial charge on any atom is 0.138 e. The third kappa shape index (κ3) is 5.19. The topological polar surface area (TPSA) is 38.5 Å². The second kappa shape index (κ2) is 7.89. The minimum absolute atomic E-state index is 0. The molecule has 1 atom stereocenters. The van der Waals surface area contributed by atoms with E-state index in [1.165, 1.54) is 0 Å². The lowest BCUT2D eigenvalue weighted by Crippen LogP contribution is -2.53. The number of hydrogen-bond donors (Lipinski definition) is 1. The SMILES string of the molecule is CC1(C)CN(CCOc2ccc(Cl)cc2Cl)CCC1N.Cl. The van der Waals surface area contributed by atoms with Crippen LogP contribution in [0.5, 0.6) is 5.75 Å². The Morgan fingerprint density at radius 1 is 1.38 bits per heavy atom. The monoisotopic (exact) mass is 352 g/mol. The van der Waals surface area contributed by atoms with Gasteiger partial charge in [-0.2, -0.15) is 0 Å². The molecule has 0 aliphatic carbocycles. The summed E-state index contributed by atoms with van der Waals surface area (Å²) in [6.07, 6.45) is 1.04. The Balaban J connectivity index is 0.00000220. The van der Waals surface area contributed by atoms with Gasteiger partial charge in [-0.3, -0.25) is 4.90 Å². The van der Waals surface area contributed by atoms with E-state index in [1.807, 2.05) is 0 Å². The minimum atomic E-state index is 0. The molecule has 2 rings (SSSR count). The first kappa shape index (κ1) is 18.9. The van der Waals surface area contributed by atoms with Crippen LogP contribution in [0.4, 0.5) is 0 Å². The molecule has 0 radical (unpaired) electrons. The van der Waals surface area contributed by atoms with Crippen molar-refractivity contribution >= 4 is 35.6 Å². The summed E-state index contributed by atoms with van der Waals surface area (Å²) in [6, 6.07) is 5.57. The number of likely N-dealkylation sites (tertiary alicyclic amines) is 1. The summed E-state index contributed by atoms with van der Waals surface area (Å²) >= 11 is 11.9. The van der Waals surface area contributed by atoms with E-state index in [4.69, 9.17) is 33.7 Å². The molecule has 1 fully saturated rings. The lowest BCUT2D eigenvalue weighted by Gasteiger charge is -2.42. The molecule has 120 valence electrons. The molecule has 21 heavy (non-hydrogen) atoms. The molecule has 0 spiro atoms. The maximum absolute atomic E-state index is 6.14. The molecule has 0 amide bonds. The fraction of sp³-hybridized carbons (Fsp3) is 0.600. The second-order valence-corrected chi connectivity index (χ2v) is 6.93. The van der Waals surface area contributed by atoms with Crippen molar-refractivity contribution < 1.29 is 4.74 Å². The van der Waals surface area contributed by atoms with Crippen molar-refractivity contribution in [3.63, 3.8) is 0 Å². The summed E-state index contributed by atoms with van der Waals surface area (Å²) < 4.78 is 5.73. The Kier molecular flexibility index (Phi) is 7.08. The van der Waals surface area contributed by atoms with Gasteiger partial charge in [-0.05, 0) is 36.6 Å². The van der Waals surface area contributed by atoms with Gasteiger partial charge >= 0.3 is 0 Å². The molecule has 6 heteroatoms.